The number of hydrogen-bond donors (Lipinski definition) is 3. The molecule has 0 saturated heterocycles. The third kappa shape index (κ3) is 3.94. The summed E-state index contributed by atoms with van der Waals surface area (Å²) in [4.78, 5) is 26.8. The van der Waals surface area contributed by atoms with E-state index in [0.29, 0.717) is 5.69 Å². The van der Waals surface area contributed by atoms with Crippen molar-refractivity contribution >= 4 is 34.4 Å². The summed E-state index contributed by atoms with van der Waals surface area (Å²) in [7, 11) is 0. The highest BCUT2D eigenvalue weighted by molar-refractivity contribution is 6.00. The summed E-state index contributed by atoms with van der Waals surface area (Å²) in [6.07, 6.45) is 0.836. The molecule has 0 fully saturated rings. The van der Waals surface area contributed by atoms with Gasteiger partial charge >= 0.3 is 6.09 Å². The monoisotopic (exact) mass is 342 g/mol. The summed E-state index contributed by atoms with van der Waals surface area (Å²) in [5, 5.41) is 13.9. The van der Waals surface area contributed by atoms with Crippen molar-refractivity contribution in [3.8, 4) is 0 Å². The van der Waals surface area contributed by atoms with E-state index in [0.717, 1.165) is 16.6 Å². The van der Waals surface area contributed by atoms with E-state index in [-0.39, 0.29) is 24.9 Å². The van der Waals surface area contributed by atoms with Crippen molar-refractivity contribution in [3.05, 3.63) is 36.2 Å². The molecule has 2 amide bonds. The van der Waals surface area contributed by atoms with Crippen LogP contribution in [0.3, 0.4) is 0 Å². The molecule has 3 rings (SSSR count). The summed E-state index contributed by atoms with van der Waals surface area (Å²) >= 11 is 0. The van der Waals surface area contributed by atoms with E-state index in [9.17, 15) is 9.59 Å². The topological polar surface area (TPSA) is 114 Å². The molecule has 2 aromatic heterocycles. The lowest BCUT2D eigenvalue weighted by atomic mass is 10.2. The van der Waals surface area contributed by atoms with Gasteiger partial charge in [0.1, 0.15) is 6.54 Å². The number of hydrogen-bond acceptors (Lipinski definition) is 5. The smallest absolute Gasteiger partial charge is 0.412 e. The molecule has 1 aromatic carbocycles. The lowest BCUT2D eigenvalue weighted by molar-refractivity contribution is -0.116. The van der Waals surface area contributed by atoms with Crippen molar-refractivity contribution in [1.29, 1.82) is 0 Å². The maximum atomic E-state index is 12.2. The number of carbonyl (C=O) groups is 2. The maximum absolute atomic E-state index is 12.2. The van der Waals surface area contributed by atoms with E-state index in [1.807, 2.05) is 31.2 Å². The van der Waals surface area contributed by atoms with Gasteiger partial charge in [-0.15, -0.1) is 5.10 Å². The Morgan fingerprint density at radius 1 is 1.32 bits per heavy atom. The Hall–Kier alpha value is -3.36. The Morgan fingerprint density at radius 3 is 2.96 bits per heavy atom. The zero-order valence-electron chi connectivity index (χ0n) is 13.9. The number of amides is 2. The molecule has 2 heterocycles. The van der Waals surface area contributed by atoms with Gasteiger partial charge in [0, 0.05) is 11.1 Å². The number of anilines is 2. The number of para-hydroxylation sites is 1. The highest BCUT2D eigenvalue weighted by Gasteiger charge is 2.11. The minimum absolute atomic E-state index is 0.0341. The number of benzene rings is 1. The van der Waals surface area contributed by atoms with Crippen molar-refractivity contribution in [2.24, 2.45) is 0 Å². The molecule has 0 atom stereocenters. The molecule has 25 heavy (non-hydrogen) atoms. The van der Waals surface area contributed by atoms with Gasteiger partial charge in [0.05, 0.1) is 24.0 Å². The van der Waals surface area contributed by atoms with Crippen LogP contribution in [0.2, 0.25) is 0 Å². The molecule has 0 aliphatic rings. The van der Waals surface area contributed by atoms with Gasteiger partial charge in [-0.05, 0) is 26.0 Å². The number of fused-ring (bicyclic) bond motifs is 1. The fraction of sp³-hybridized carbons (Fsp3) is 0.250. The normalized spacial score (nSPS) is 10.6. The molecule has 9 nitrogen and oxygen atoms in total. The Morgan fingerprint density at radius 2 is 2.16 bits per heavy atom. The zero-order chi connectivity index (χ0) is 17.8. The second-order valence-electron chi connectivity index (χ2n) is 5.42. The second-order valence-corrected chi connectivity index (χ2v) is 5.42. The SMILES string of the molecule is CCOC(=O)Nc1cn(CC(=O)Nc2cccc3cc(C)[nH]c23)nn1. The molecule has 0 aliphatic heterocycles. The van der Waals surface area contributed by atoms with E-state index in [2.05, 4.69) is 25.9 Å². The summed E-state index contributed by atoms with van der Waals surface area (Å²) in [6, 6.07) is 7.68. The van der Waals surface area contributed by atoms with Crippen molar-refractivity contribution in [3.63, 3.8) is 0 Å². The summed E-state index contributed by atoms with van der Waals surface area (Å²) in [5.41, 5.74) is 2.58. The molecule has 0 spiro atoms. The van der Waals surface area contributed by atoms with Crippen LogP contribution in [-0.2, 0) is 16.1 Å². The molecule has 0 bridgehead atoms. The number of ether oxygens (including phenoxy) is 1. The first-order valence-corrected chi connectivity index (χ1v) is 7.77. The number of aromatic amines is 1. The van der Waals surface area contributed by atoms with Crippen LogP contribution < -0.4 is 10.6 Å². The number of aromatic nitrogens is 4. The molecule has 0 aliphatic carbocycles. The van der Waals surface area contributed by atoms with E-state index in [4.69, 9.17) is 4.74 Å². The van der Waals surface area contributed by atoms with Crippen molar-refractivity contribution in [2.75, 3.05) is 17.2 Å². The lowest BCUT2D eigenvalue weighted by Crippen LogP contribution is -2.19. The number of nitrogens with zero attached hydrogens (tertiary/aromatic N) is 3. The zero-order valence-corrected chi connectivity index (χ0v) is 13.9. The van der Waals surface area contributed by atoms with E-state index in [1.54, 1.807) is 6.92 Å². The minimum atomic E-state index is -0.618. The van der Waals surface area contributed by atoms with Crippen molar-refractivity contribution < 1.29 is 14.3 Å². The highest BCUT2D eigenvalue weighted by Crippen LogP contribution is 2.23. The molecule has 3 aromatic rings. The minimum Gasteiger partial charge on any atom is -0.450 e. The van der Waals surface area contributed by atoms with E-state index in [1.165, 1.54) is 10.9 Å². The summed E-state index contributed by atoms with van der Waals surface area (Å²) in [6.45, 7) is 3.88. The van der Waals surface area contributed by atoms with Gasteiger partial charge in [0.15, 0.2) is 5.82 Å². The van der Waals surface area contributed by atoms with Gasteiger partial charge in [0.2, 0.25) is 5.91 Å². The van der Waals surface area contributed by atoms with Crippen LogP contribution >= 0.6 is 0 Å². The Bertz CT molecular complexity index is 914. The Labute approximate surface area is 143 Å². The molecule has 0 saturated carbocycles. The van der Waals surface area contributed by atoms with Gasteiger partial charge in [0.25, 0.3) is 0 Å². The predicted octanol–water partition coefficient (Wildman–Crippen LogP) is 2.27. The van der Waals surface area contributed by atoms with Crippen LogP contribution in [0.4, 0.5) is 16.3 Å². The average molecular weight is 342 g/mol. The first-order valence-electron chi connectivity index (χ1n) is 7.77. The average Bonchev–Trinajstić information content (AvgIpc) is 3.13. The quantitative estimate of drug-likeness (QED) is 0.658. The molecule has 3 N–H and O–H groups in total. The first-order chi connectivity index (χ1) is 12.0. The fourth-order valence-corrected chi connectivity index (χ4v) is 2.44. The molecular formula is C16H18N6O3. The standard InChI is InChI=1S/C16H18N6O3/c1-3-25-16(24)19-13-8-22(21-20-13)9-14(23)18-12-6-4-5-11-7-10(2)17-15(11)12/h4-8,17H,3,9H2,1-2H3,(H,18,23)(H,19,24). The predicted molar refractivity (Wildman–Crippen MR) is 92.3 cm³/mol. The van der Waals surface area contributed by atoms with Gasteiger partial charge in [-0.1, -0.05) is 17.3 Å². The van der Waals surface area contributed by atoms with Gasteiger partial charge in [-0.2, -0.15) is 0 Å². The number of nitrogens with one attached hydrogen (secondary N) is 3. The van der Waals surface area contributed by atoms with Gasteiger partial charge in [-0.3, -0.25) is 10.1 Å². The molecule has 0 radical (unpaired) electrons. The van der Waals surface area contributed by atoms with E-state index >= 15 is 0 Å². The third-order valence-corrected chi connectivity index (χ3v) is 3.41. The number of aryl methyl sites for hydroxylation is 1. The second kappa shape index (κ2) is 7.04. The van der Waals surface area contributed by atoms with Crippen LogP contribution in [0.15, 0.2) is 30.5 Å². The fourth-order valence-electron chi connectivity index (χ4n) is 2.44. The number of H-pyrrole nitrogens is 1. The largest absolute Gasteiger partial charge is 0.450 e. The number of carbonyl (C=O) groups excluding carboxylic acids is 2. The van der Waals surface area contributed by atoms with Gasteiger partial charge < -0.3 is 15.0 Å². The molecular weight excluding hydrogens is 324 g/mol. The Balaban J connectivity index is 1.64. The van der Waals surface area contributed by atoms with Gasteiger partial charge in [-0.25, -0.2) is 9.48 Å². The summed E-state index contributed by atoms with van der Waals surface area (Å²) < 4.78 is 6.08. The Kier molecular flexibility index (Phi) is 4.64. The van der Waals surface area contributed by atoms with Crippen molar-refractivity contribution in [2.45, 2.75) is 20.4 Å². The van der Waals surface area contributed by atoms with Crippen LogP contribution in [0.1, 0.15) is 12.6 Å². The van der Waals surface area contributed by atoms with Crippen molar-refractivity contribution in [1.82, 2.24) is 20.0 Å². The van der Waals surface area contributed by atoms with E-state index < -0.39 is 6.09 Å². The van der Waals surface area contributed by atoms with Crippen LogP contribution in [-0.4, -0.2) is 38.6 Å². The first kappa shape index (κ1) is 16.5. The van der Waals surface area contributed by atoms with Crippen LogP contribution in [0.25, 0.3) is 10.9 Å². The molecule has 0 unspecified atom stereocenters. The maximum Gasteiger partial charge on any atom is 0.412 e. The lowest BCUT2D eigenvalue weighted by Gasteiger charge is -2.06. The van der Waals surface area contributed by atoms with Crippen LogP contribution in [0.5, 0.6) is 0 Å². The molecule has 130 valence electrons. The molecule has 9 heteroatoms. The summed E-state index contributed by atoms with van der Waals surface area (Å²) in [5.74, 6) is -0.0410. The number of rotatable bonds is 5. The van der Waals surface area contributed by atoms with Crippen LogP contribution in [0, 0.1) is 6.92 Å². The highest BCUT2D eigenvalue weighted by atomic mass is 16.5. The third-order valence-electron chi connectivity index (χ3n) is 3.41.